The summed E-state index contributed by atoms with van der Waals surface area (Å²) in [5, 5.41) is 2.04. The fourth-order valence-corrected chi connectivity index (χ4v) is 1.06. The van der Waals surface area contributed by atoms with Crippen LogP contribution in [0.3, 0.4) is 0 Å². The summed E-state index contributed by atoms with van der Waals surface area (Å²) in [7, 11) is 0. The Morgan fingerprint density at radius 2 is 1.53 bits per heavy atom. The highest BCUT2D eigenvalue weighted by molar-refractivity contribution is 5.17. The van der Waals surface area contributed by atoms with Crippen LogP contribution in [0.5, 0.6) is 0 Å². The van der Waals surface area contributed by atoms with E-state index in [9.17, 15) is 22.0 Å². The van der Waals surface area contributed by atoms with Gasteiger partial charge in [0.1, 0.15) is 11.6 Å². The molecule has 1 aromatic rings. The molecule has 0 amide bonds. The zero-order chi connectivity index (χ0) is 11.5. The van der Waals surface area contributed by atoms with Gasteiger partial charge in [0, 0.05) is 12.6 Å². The zero-order valence-corrected chi connectivity index (χ0v) is 7.54. The molecule has 0 atom stereocenters. The molecule has 6 heteroatoms. The van der Waals surface area contributed by atoms with Gasteiger partial charge in [0.25, 0.3) is 0 Å². The second-order valence-corrected chi connectivity index (χ2v) is 3.00. The molecule has 0 saturated heterocycles. The number of alkyl halides is 3. The van der Waals surface area contributed by atoms with E-state index in [1.54, 1.807) is 0 Å². The van der Waals surface area contributed by atoms with Gasteiger partial charge in [0.15, 0.2) is 0 Å². The third-order valence-corrected chi connectivity index (χ3v) is 1.58. The number of halogens is 5. The molecule has 1 rings (SSSR count). The first kappa shape index (κ1) is 11.9. The summed E-state index contributed by atoms with van der Waals surface area (Å²) in [6.07, 6.45) is -4.33. The van der Waals surface area contributed by atoms with E-state index in [0.717, 1.165) is 12.1 Å². The van der Waals surface area contributed by atoms with E-state index >= 15 is 0 Å². The predicted molar refractivity (Wildman–Crippen MR) is 44.1 cm³/mol. The van der Waals surface area contributed by atoms with Gasteiger partial charge in [-0.15, -0.1) is 0 Å². The van der Waals surface area contributed by atoms with Crippen molar-refractivity contribution in [3.8, 4) is 0 Å². The first-order valence-corrected chi connectivity index (χ1v) is 4.09. The van der Waals surface area contributed by atoms with Gasteiger partial charge in [-0.05, 0) is 17.7 Å². The largest absolute Gasteiger partial charge is 0.401 e. The van der Waals surface area contributed by atoms with Gasteiger partial charge in [-0.1, -0.05) is 0 Å². The van der Waals surface area contributed by atoms with Crippen LogP contribution in [-0.4, -0.2) is 12.7 Å². The predicted octanol–water partition coefficient (Wildman–Crippen LogP) is 2.62. The normalized spacial score (nSPS) is 11.8. The summed E-state index contributed by atoms with van der Waals surface area (Å²) in [6.45, 7) is -1.42. The van der Waals surface area contributed by atoms with Crippen molar-refractivity contribution in [2.24, 2.45) is 0 Å². The molecule has 15 heavy (non-hydrogen) atoms. The number of benzene rings is 1. The Balaban J connectivity index is 2.51. The Bertz CT molecular complexity index is 314. The number of hydrogen-bond acceptors (Lipinski definition) is 1. The number of hydrogen-bond donors (Lipinski definition) is 1. The number of rotatable bonds is 3. The van der Waals surface area contributed by atoms with Crippen LogP contribution in [0.1, 0.15) is 5.56 Å². The van der Waals surface area contributed by atoms with Crippen molar-refractivity contribution in [2.45, 2.75) is 12.7 Å². The molecule has 0 radical (unpaired) electrons. The molecule has 0 saturated carbocycles. The molecule has 84 valence electrons. The van der Waals surface area contributed by atoms with Crippen LogP contribution in [-0.2, 0) is 6.54 Å². The van der Waals surface area contributed by atoms with Gasteiger partial charge in [-0.3, -0.25) is 0 Å². The Morgan fingerprint density at radius 3 is 2.00 bits per heavy atom. The van der Waals surface area contributed by atoms with Gasteiger partial charge in [0.2, 0.25) is 0 Å². The molecule has 0 heterocycles. The minimum absolute atomic E-state index is 0.136. The minimum atomic E-state index is -4.33. The fourth-order valence-electron chi connectivity index (χ4n) is 1.06. The van der Waals surface area contributed by atoms with Crippen molar-refractivity contribution in [3.63, 3.8) is 0 Å². The van der Waals surface area contributed by atoms with Gasteiger partial charge in [-0.2, -0.15) is 13.2 Å². The van der Waals surface area contributed by atoms with Crippen LogP contribution in [0.4, 0.5) is 22.0 Å². The quantitative estimate of drug-likeness (QED) is 0.779. The Kier molecular flexibility index (Phi) is 3.62. The van der Waals surface area contributed by atoms with Crippen molar-refractivity contribution in [3.05, 3.63) is 35.4 Å². The number of nitrogens with one attached hydrogen (secondary N) is 1. The van der Waals surface area contributed by atoms with Gasteiger partial charge < -0.3 is 5.32 Å². The van der Waals surface area contributed by atoms with Crippen molar-refractivity contribution in [1.29, 1.82) is 0 Å². The third-order valence-electron chi connectivity index (χ3n) is 1.58. The zero-order valence-electron chi connectivity index (χ0n) is 7.54. The average Bonchev–Trinajstić information content (AvgIpc) is 1.99. The maximum Gasteiger partial charge on any atom is 0.401 e. The van der Waals surface area contributed by atoms with E-state index in [1.807, 2.05) is 5.32 Å². The van der Waals surface area contributed by atoms with E-state index in [-0.39, 0.29) is 12.1 Å². The Hall–Kier alpha value is -1.17. The smallest absolute Gasteiger partial charge is 0.305 e. The lowest BCUT2D eigenvalue weighted by Crippen LogP contribution is -2.28. The third kappa shape index (κ3) is 4.73. The van der Waals surface area contributed by atoms with Crippen LogP contribution in [0.25, 0.3) is 0 Å². The first-order valence-electron chi connectivity index (χ1n) is 4.09. The van der Waals surface area contributed by atoms with Crippen LogP contribution in [0.2, 0.25) is 0 Å². The van der Waals surface area contributed by atoms with E-state index < -0.39 is 24.4 Å². The molecule has 0 aliphatic heterocycles. The molecular formula is C9H8F5N. The second-order valence-electron chi connectivity index (χ2n) is 3.00. The highest BCUT2D eigenvalue weighted by Crippen LogP contribution is 2.13. The van der Waals surface area contributed by atoms with Crippen molar-refractivity contribution < 1.29 is 22.0 Å². The molecule has 0 aliphatic carbocycles. The van der Waals surface area contributed by atoms with Gasteiger partial charge >= 0.3 is 6.18 Å². The fraction of sp³-hybridized carbons (Fsp3) is 0.333. The molecule has 0 aliphatic rings. The summed E-state index contributed by atoms with van der Waals surface area (Å²) >= 11 is 0. The molecule has 1 nitrogen and oxygen atoms in total. The summed E-state index contributed by atoms with van der Waals surface area (Å²) in [5.74, 6) is -1.61. The van der Waals surface area contributed by atoms with Gasteiger partial charge in [0.05, 0.1) is 6.54 Å². The molecule has 0 aromatic heterocycles. The maximum atomic E-state index is 12.6. The Labute approximate surface area is 82.9 Å². The van der Waals surface area contributed by atoms with E-state index in [1.165, 1.54) is 0 Å². The lowest BCUT2D eigenvalue weighted by Gasteiger charge is -2.08. The molecule has 0 unspecified atom stereocenters. The highest BCUT2D eigenvalue weighted by atomic mass is 19.4. The molecule has 1 aromatic carbocycles. The Morgan fingerprint density at radius 1 is 1.00 bits per heavy atom. The van der Waals surface area contributed by atoms with Crippen LogP contribution >= 0.6 is 0 Å². The van der Waals surface area contributed by atoms with Crippen molar-refractivity contribution in [1.82, 2.24) is 5.32 Å². The summed E-state index contributed by atoms with van der Waals surface area (Å²) < 4.78 is 60.3. The van der Waals surface area contributed by atoms with E-state index in [4.69, 9.17) is 0 Å². The van der Waals surface area contributed by atoms with Crippen molar-refractivity contribution >= 4 is 0 Å². The van der Waals surface area contributed by atoms with E-state index in [2.05, 4.69) is 0 Å². The van der Waals surface area contributed by atoms with Crippen molar-refractivity contribution in [2.75, 3.05) is 6.54 Å². The topological polar surface area (TPSA) is 12.0 Å². The summed E-state index contributed by atoms with van der Waals surface area (Å²) in [5.41, 5.74) is 0.136. The average molecular weight is 225 g/mol. The molecule has 1 N–H and O–H groups in total. The van der Waals surface area contributed by atoms with Crippen LogP contribution in [0, 0.1) is 11.6 Å². The molecule has 0 bridgehead atoms. The molecular weight excluding hydrogens is 217 g/mol. The molecule has 0 fully saturated rings. The SMILES string of the molecule is Fc1cc(F)cc(CNCC(F)(F)F)c1. The highest BCUT2D eigenvalue weighted by Gasteiger charge is 2.26. The van der Waals surface area contributed by atoms with E-state index in [0.29, 0.717) is 6.07 Å². The first-order chi connectivity index (χ1) is 6.87. The lowest BCUT2D eigenvalue weighted by atomic mass is 10.2. The standard InChI is InChI=1S/C9H8F5N/c10-7-1-6(2-8(11)3-7)4-15-5-9(12,13)14/h1-3,15H,4-5H2. The van der Waals surface area contributed by atoms with Crippen LogP contribution in [0.15, 0.2) is 18.2 Å². The van der Waals surface area contributed by atoms with Gasteiger partial charge in [-0.25, -0.2) is 8.78 Å². The minimum Gasteiger partial charge on any atom is -0.305 e. The molecule has 0 spiro atoms. The second kappa shape index (κ2) is 4.57. The summed E-state index contributed by atoms with van der Waals surface area (Å²) in [6, 6.07) is 2.62. The summed E-state index contributed by atoms with van der Waals surface area (Å²) in [4.78, 5) is 0. The van der Waals surface area contributed by atoms with Crippen LogP contribution < -0.4 is 5.32 Å². The lowest BCUT2D eigenvalue weighted by molar-refractivity contribution is -0.125. The monoisotopic (exact) mass is 225 g/mol. The maximum absolute atomic E-state index is 12.6.